The second kappa shape index (κ2) is 4.11. The highest BCUT2D eigenvalue weighted by Gasteiger charge is 2.46. The van der Waals surface area contributed by atoms with E-state index in [1.807, 2.05) is 0 Å². The fourth-order valence-electron chi connectivity index (χ4n) is 3.19. The maximum atomic E-state index is 10.6. The Kier molecular flexibility index (Phi) is 2.99. The quantitative estimate of drug-likeness (QED) is 0.740. The summed E-state index contributed by atoms with van der Waals surface area (Å²) in [5.74, 6) is -0.173. The molecule has 2 aliphatic rings. The van der Waals surface area contributed by atoms with E-state index in [4.69, 9.17) is 5.26 Å². The molecule has 0 aromatic carbocycles. The van der Waals surface area contributed by atoms with E-state index in [0.29, 0.717) is 12.1 Å². The highest BCUT2D eigenvalue weighted by molar-refractivity contribution is 5.07. The van der Waals surface area contributed by atoms with Crippen LogP contribution >= 0.6 is 0 Å². The summed E-state index contributed by atoms with van der Waals surface area (Å²) in [5.41, 5.74) is -0.720. The van der Waals surface area contributed by atoms with Crippen LogP contribution in [0.25, 0.3) is 0 Å². The molecule has 0 aliphatic carbocycles. The van der Waals surface area contributed by atoms with Crippen molar-refractivity contribution in [3.63, 3.8) is 0 Å². The number of hydrogen-bond donors (Lipinski definition) is 2. The fraction of sp³-hybridized carbons (Fsp3) is 0.917. The SMILES string of the molecule is CCCC(C#N)C1(O)CC2CCC(C1)N2. The topological polar surface area (TPSA) is 56.0 Å². The molecule has 3 nitrogen and oxygen atoms in total. The third-order valence-electron chi connectivity index (χ3n) is 3.92. The van der Waals surface area contributed by atoms with Gasteiger partial charge in [0.2, 0.25) is 0 Å². The van der Waals surface area contributed by atoms with Gasteiger partial charge in [-0.2, -0.15) is 5.26 Å². The molecular formula is C12H20N2O. The minimum Gasteiger partial charge on any atom is -0.388 e. The summed E-state index contributed by atoms with van der Waals surface area (Å²) in [7, 11) is 0. The van der Waals surface area contributed by atoms with Gasteiger partial charge in [0.05, 0.1) is 17.6 Å². The van der Waals surface area contributed by atoms with Crippen LogP contribution in [-0.4, -0.2) is 22.8 Å². The molecule has 3 atom stereocenters. The Morgan fingerprint density at radius 1 is 1.47 bits per heavy atom. The van der Waals surface area contributed by atoms with Crippen LogP contribution in [0, 0.1) is 17.2 Å². The highest BCUT2D eigenvalue weighted by Crippen LogP contribution is 2.39. The lowest BCUT2D eigenvalue weighted by atomic mass is 9.76. The summed E-state index contributed by atoms with van der Waals surface area (Å²) in [4.78, 5) is 0. The van der Waals surface area contributed by atoms with Crippen molar-refractivity contribution in [3.8, 4) is 6.07 Å². The molecule has 2 aliphatic heterocycles. The molecular weight excluding hydrogens is 188 g/mol. The minimum atomic E-state index is -0.720. The lowest BCUT2D eigenvalue weighted by molar-refractivity contribution is -0.0420. The van der Waals surface area contributed by atoms with E-state index in [1.165, 1.54) is 0 Å². The second-order valence-corrected chi connectivity index (χ2v) is 5.12. The maximum Gasteiger partial charge on any atom is 0.0834 e. The molecule has 0 aromatic rings. The van der Waals surface area contributed by atoms with E-state index in [1.54, 1.807) is 0 Å². The second-order valence-electron chi connectivity index (χ2n) is 5.12. The van der Waals surface area contributed by atoms with Gasteiger partial charge in [-0.15, -0.1) is 0 Å². The Morgan fingerprint density at radius 3 is 2.53 bits per heavy atom. The zero-order valence-corrected chi connectivity index (χ0v) is 9.37. The molecule has 0 aromatic heterocycles. The van der Waals surface area contributed by atoms with E-state index in [-0.39, 0.29) is 5.92 Å². The third-order valence-corrected chi connectivity index (χ3v) is 3.92. The molecule has 0 saturated carbocycles. The van der Waals surface area contributed by atoms with Crippen molar-refractivity contribution in [2.45, 2.75) is 63.1 Å². The van der Waals surface area contributed by atoms with Crippen LogP contribution < -0.4 is 5.32 Å². The van der Waals surface area contributed by atoms with Crippen molar-refractivity contribution < 1.29 is 5.11 Å². The van der Waals surface area contributed by atoms with Gasteiger partial charge in [0, 0.05) is 12.1 Å². The van der Waals surface area contributed by atoms with Gasteiger partial charge in [-0.3, -0.25) is 0 Å². The molecule has 2 fully saturated rings. The van der Waals surface area contributed by atoms with Gasteiger partial charge in [0.25, 0.3) is 0 Å². The molecule has 0 amide bonds. The van der Waals surface area contributed by atoms with E-state index < -0.39 is 5.60 Å². The van der Waals surface area contributed by atoms with Gasteiger partial charge in [-0.1, -0.05) is 13.3 Å². The van der Waals surface area contributed by atoms with Gasteiger partial charge in [0.1, 0.15) is 0 Å². The van der Waals surface area contributed by atoms with Crippen molar-refractivity contribution >= 4 is 0 Å². The van der Waals surface area contributed by atoms with Crippen LogP contribution in [0.2, 0.25) is 0 Å². The summed E-state index contributed by atoms with van der Waals surface area (Å²) < 4.78 is 0. The van der Waals surface area contributed by atoms with Crippen LogP contribution in [0.3, 0.4) is 0 Å². The first-order valence-electron chi connectivity index (χ1n) is 6.06. The number of hydrogen-bond acceptors (Lipinski definition) is 3. The third kappa shape index (κ3) is 2.02. The average molecular weight is 208 g/mol. The molecule has 15 heavy (non-hydrogen) atoms. The fourth-order valence-corrected chi connectivity index (χ4v) is 3.19. The van der Waals surface area contributed by atoms with Crippen molar-refractivity contribution in [2.24, 2.45) is 5.92 Å². The molecule has 84 valence electrons. The van der Waals surface area contributed by atoms with Crippen LogP contribution in [-0.2, 0) is 0 Å². The first kappa shape index (κ1) is 10.9. The molecule has 3 heteroatoms. The normalized spacial score (nSPS) is 41.1. The lowest BCUT2D eigenvalue weighted by Crippen LogP contribution is -2.52. The monoisotopic (exact) mass is 208 g/mol. The van der Waals surface area contributed by atoms with Crippen LogP contribution in [0.5, 0.6) is 0 Å². The van der Waals surface area contributed by atoms with Gasteiger partial charge < -0.3 is 10.4 Å². The summed E-state index contributed by atoms with van der Waals surface area (Å²) in [5, 5.41) is 23.2. The number of nitriles is 1. The van der Waals surface area contributed by atoms with Crippen molar-refractivity contribution in [1.82, 2.24) is 5.32 Å². The van der Waals surface area contributed by atoms with Crippen LogP contribution in [0.15, 0.2) is 0 Å². The first-order chi connectivity index (χ1) is 7.18. The predicted molar refractivity (Wildman–Crippen MR) is 58.1 cm³/mol. The Labute approximate surface area is 91.5 Å². The molecule has 2 bridgehead atoms. The number of rotatable bonds is 3. The molecule has 0 radical (unpaired) electrons. The first-order valence-corrected chi connectivity index (χ1v) is 6.06. The smallest absolute Gasteiger partial charge is 0.0834 e. The maximum absolute atomic E-state index is 10.6. The predicted octanol–water partition coefficient (Wildman–Crippen LogP) is 1.57. The number of piperidine rings is 1. The van der Waals surface area contributed by atoms with Gasteiger partial charge in [0.15, 0.2) is 0 Å². The Balaban J connectivity index is 2.08. The lowest BCUT2D eigenvalue weighted by Gasteiger charge is -2.40. The zero-order valence-electron chi connectivity index (χ0n) is 9.37. The average Bonchev–Trinajstić information content (AvgIpc) is 2.55. The number of nitrogens with one attached hydrogen (secondary N) is 1. The Morgan fingerprint density at radius 2 is 2.07 bits per heavy atom. The summed E-state index contributed by atoms with van der Waals surface area (Å²) in [6.45, 7) is 2.07. The van der Waals surface area contributed by atoms with Crippen molar-refractivity contribution in [2.75, 3.05) is 0 Å². The Hall–Kier alpha value is -0.590. The summed E-state index contributed by atoms with van der Waals surface area (Å²) >= 11 is 0. The molecule has 2 heterocycles. The summed E-state index contributed by atoms with van der Waals surface area (Å²) in [6, 6.07) is 3.20. The van der Waals surface area contributed by atoms with Crippen molar-refractivity contribution in [1.29, 1.82) is 5.26 Å². The Bertz CT molecular complexity index is 259. The van der Waals surface area contributed by atoms with E-state index in [9.17, 15) is 5.11 Å². The van der Waals surface area contributed by atoms with E-state index in [0.717, 1.165) is 38.5 Å². The molecule has 0 spiro atoms. The van der Waals surface area contributed by atoms with Gasteiger partial charge >= 0.3 is 0 Å². The largest absolute Gasteiger partial charge is 0.388 e. The molecule has 3 unspecified atom stereocenters. The van der Waals surface area contributed by atoms with Gasteiger partial charge in [-0.05, 0) is 32.1 Å². The molecule has 2 N–H and O–H groups in total. The number of nitrogens with zero attached hydrogens (tertiary/aromatic N) is 1. The van der Waals surface area contributed by atoms with Crippen molar-refractivity contribution in [3.05, 3.63) is 0 Å². The van der Waals surface area contributed by atoms with Crippen LogP contribution in [0.1, 0.15) is 45.4 Å². The highest BCUT2D eigenvalue weighted by atomic mass is 16.3. The minimum absolute atomic E-state index is 0.173. The number of fused-ring (bicyclic) bond motifs is 2. The zero-order chi connectivity index (χ0) is 10.9. The van der Waals surface area contributed by atoms with Gasteiger partial charge in [-0.25, -0.2) is 0 Å². The van der Waals surface area contributed by atoms with E-state index >= 15 is 0 Å². The molecule has 2 saturated heterocycles. The standard InChI is InChI=1S/C12H20N2O/c1-2-3-9(8-13)12(15)6-10-4-5-11(7-12)14-10/h9-11,14-15H,2-7H2,1H3. The van der Waals surface area contributed by atoms with E-state index in [2.05, 4.69) is 18.3 Å². The molecule has 2 rings (SSSR count). The number of aliphatic hydroxyl groups is 1. The van der Waals surface area contributed by atoms with Crippen LogP contribution in [0.4, 0.5) is 0 Å². The summed E-state index contributed by atoms with van der Waals surface area (Å²) in [6.07, 6.45) is 5.66.